The third-order valence-electron chi connectivity index (χ3n) is 1.96. The molecule has 70 valence electrons. The molecule has 2 rings (SSSR count). The lowest BCUT2D eigenvalue weighted by molar-refractivity contribution is 0.297. The highest BCUT2D eigenvalue weighted by atomic mass is 127. The van der Waals surface area contributed by atoms with E-state index >= 15 is 0 Å². The first kappa shape index (κ1) is 9.52. The van der Waals surface area contributed by atoms with Gasteiger partial charge in [-0.2, -0.15) is 0 Å². The Kier molecular flexibility index (Phi) is 2.93. The molecular formula is C9H9ClINO. The number of rotatable bonds is 3. The maximum absolute atomic E-state index is 5.75. The van der Waals surface area contributed by atoms with Crippen LogP contribution in [0.3, 0.4) is 0 Å². The van der Waals surface area contributed by atoms with Gasteiger partial charge < -0.3 is 4.74 Å². The van der Waals surface area contributed by atoms with Crippen LogP contribution in [-0.2, 0) is 0 Å². The minimum atomic E-state index is 0.492. The van der Waals surface area contributed by atoms with Gasteiger partial charge in [0.05, 0.1) is 10.2 Å². The van der Waals surface area contributed by atoms with E-state index in [2.05, 4.69) is 27.6 Å². The molecule has 4 heteroatoms. The van der Waals surface area contributed by atoms with Crippen LogP contribution in [0, 0.1) is 9.49 Å². The van der Waals surface area contributed by atoms with E-state index in [1.807, 2.05) is 0 Å². The van der Waals surface area contributed by atoms with Gasteiger partial charge in [0, 0.05) is 12.3 Å². The van der Waals surface area contributed by atoms with Gasteiger partial charge >= 0.3 is 0 Å². The fraction of sp³-hybridized carbons (Fsp3) is 0.444. The molecule has 1 aromatic heterocycles. The average Bonchev–Trinajstić information content (AvgIpc) is 2.90. The fourth-order valence-corrected chi connectivity index (χ4v) is 1.60. The van der Waals surface area contributed by atoms with Crippen LogP contribution in [0.15, 0.2) is 12.3 Å². The Bertz CT molecular complexity index is 314. The molecule has 0 aromatic carbocycles. The molecule has 1 saturated carbocycles. The van der Waals surface area contributed by atoms with Crippen LogP contribution in [0.1, 0.15) is 12.8 Å². The first-order valence-electron chi connectivity index (χ1n) is 4.19. The topological polar surface area (TPSA) is 22.1 Å². The van der Waals surface area contributed by atoms with Crippen molar-refractivity contribution in [2.45, 2.75) is 12.8 Å². The average molecular weight is 310 g/mol. The Hall–Kier alpha value is -0.0300. The number of hydrogen-bond donors (Lipinski definition) is 0. The molecule has 0 amide bonds. The van der Waals surface area contributed by atoms with Crippen molar-refractivity contribution in [1.29, 1.82) is 0 Å². The van der Waals surface area contributed by atoms with Gasteiger partial charge in [-0.25, -0.2) is 4.98 Å². The van der Waals surface area contributed by atoms with Gasteiger partial charge in [-0.1, -0.05) is 11.6 Å². The number of hydrogen-bond acceptors (Lipinski definition) is 2. The van der Waals surface area contributed by atoms with E-state index in [0.717, 1.165) is 21.8 Å². The Balaban J connectivity index is 2.03. The summed E-state index contributed by atoms with van der Waals surface area (Å²) in [6, 6.07) is 1.77. The van der Waals surface area contributed by atoms with Crippen LogP contribution in [0.25, 0.3) is 0 Å². The van der Waals surface area contributed by atoms with E-state index in [9.17, 15) is 0 Å². The normalized spacial score (nSPS) is 15.8. The number of halogens is 2. The second kappa shape index (κ2) is 4.00. The molecule has 2 nitrogen and oxygen atoms in total. The molecule has 1 heterocycles. The lowest BCUT2D eigenvalue weighted by atomic mass is 10.4. The van der Waals surface area contributed by atoms with Gasteiger partial charge in [0.15, 0.2) is 0 Å². The van der Waals surface area contributed by atoms with Crippen molar-refractivity contribution in [3.05, 3.63) is 21.0 Å². The third-order valence-corrected chi connectivity index (χ3v) is 2.98. The standard InChI is InChI=1S/C9H9ClINO/c10-9-3-8(7(11)4-12-9)13-5-6-1-2-6/h3-4,6H,1-2,5H2. The summed E-state index contributed by atoms with van der Waals surface area (Å²) >= 11 is 7.95. The van der Waals surface area contributed by atoms with Gasteiger partial charge in [-0.05, 0) is 41.4 Å². The number of ether oxygens (including phenoxy) is 1. The smallest absolute Gasteiger partial charge is 0.137 e. The highest BCUT2D eigenvalue weighted by Crippen LogP contribution is 2.31. The van der Waals surface area contributed by atoms with Crippen molar-refractivity contribution in [1.82, 2.24) is 4.98 Å². The Morgan fingerprint density at radius 2 is 2.38 bits per heavy atom. The number of pyridine rings is 1. The second-order valence-electron chi connectivity index (χ2n) is 3.19. The van der Waals surface area contributed by atoms with Crippen LogP contribution >= 0.6 is 34.2 Å². The van der Waals surface area contributed by atoms with Crippen molar-refractivity contribution in [2.75, 3.05) is 6.61 Å². The first-order valence-corrected chi connectivity index (χ1v) is 5.65. The summed E-state index contributed by atoms with van der Waals surface area (Å²) in [5.74, 6) is 1.62. The van der Waals surface area contributed by atoms with Crippen molar-refractivity contribution in [2.24, 2.45) is 5.92 Å². The second-order valence-corrected chi connectivity index (χ2v) is 4.74. The summed E-state index contributed by atoms with van der Waals surface area (Å²) in [7, 11) is 0. The minimum Gasteiger partial charge on any atom is -0.492 e. The zero-order chi connectivity index (χ0) is 9.26. The third kappa shape index (κ3) is 2.71. The molecule has 0 aliphatic heterocycles. The Morgan fingerprint density at radius 1 is 1.62 bits per heavy atom. The van der Waals surface area contributed by atoms with E-state index in [1.54, 1.807) is 12.3 Å². The lowest BCUT2D eigenvalue weighted by Gasteiger charge is -2.06. The molecular weight excluding hydrogens is 300 g/mol. The molecule has 0 N–H and O–H groups in total. The predicted octanol–water partition coefficient (Wildman–Crippen LogP) is 3.13. The largest absolute Gasteiger partial charge is 0.492 e. The summed E-state index contributed by atoms with van der Waals surface area (Å²) in [4.78, 5) is 3.96. The van der Waals surface area contributed by atoms with Gasteiger partial charge in [-0.15, -0.1) is 0 Å². The molecule has 1 aliphatic carbocycles. The highest BCUT2D eigenvalue weighted by molar-refractivity contribution is 14.1. The molecule has 0 spiro atoms. The maximum Gasteiger partial charge on any atom is 0.137 e. The van der Waals surface area contributed by atoms with Crippen molar-refractivity contribution in [3.63, 3.8) is 0 Å². The number of aromatic nitrogens is 1. The Morgan fingerprint density at radius 3 is 3.08 bits per heavy atom. The van der Waals surface area contributed by atoms with E-state index in [1.165, 1.54) is 12.8 Å². The highest BCUT2D eigenvalue weighted by Gasteiger charge is 2.22. The van der Waals surface area contributed by atoms with Gasteiger partial charge in [0.2, 0.25) is 0 Å². The quantitative estimate of drug-likeness (QED) is 0.632. The summed E-state index contributed by atoms with van der Waals surface area (Å²) in [5.41, 5.74) is 0. The van der Waals surface area contributed by atoms with Gasteiger partial charge in [0.1, 0.15) is 10.9 Å². The monoisotopic (exact) mass is 309 g/mol. The molecule has 0 radical (unpaired) electrons. The molecule has 0 atom stereocenters. The first-order chi connectivity index (χ1) is 6.25. The minimum absolute atomic E-state index is 0.492. The fourth-order valence-electron chi connectivity index (χ4n) is 0.999. The maximum atomic E-state index is 5.75. The van der Waals surface area contributed by atoms with Crippen molar-refractivity contribution >= 4 is 34.2 Å². The van der Waals surface area contributed by atoms with Crippen LogP contribution in [0.2, 0.25) is 5.15 Å². The Labute approximate surface area is 95.8 Å². The van der Waals surface area contributed by atoms with Gasteiger partial charge in [0.25, 0.3) is 0 Å². The van der Waals surface area contributed by atoms with E-state index in [4.69, 9.17) is 16.3 Å². The molecule has 0 unspecified atom stereocenters. The summed E-state index contributed by atoms with van der Waals surface area (Å²) in [6.07, 6.45) is 4.33. The molecule has 0 saturated heterocycles. The van der Waals surface area contributed by atoms with E-state index in [-0.39, 0.29) is 0 Å². The van der Waals surface area contributed by atoms with Crippen molar-refractivity contribution < 1.29 is 4.74 Å². The van der Waals surface area contributed by atoms with Crippen LogP contribution in [-0.4, -0.2) is 11.6 Å². The molecule has 13 heavy (non-hydrogen) atoms. The molecule has 1 aromatic rings. The summed E-state index contributed by atoms with van der Waals surface area (Å²) < 4.78 is 6.63. The van der Waals surface area contributed by atoms with Crippen LogP contribution in [0.5, 0.6) is 5.75 Å². The van der Waals surface area contributed by atoms with Crippen LogP contribution in [0.4, 0.5) is 0 Å². The molecule has 1 fully saturated rings. The summed E-state index contributed by atoms with van der Waals surface area (Å²) in [6.45, 7) is 0.816. The number of nitrogens with zero attached hydrogens (tertiary/aromatic N) is 1. The molecule has 0 bridgehead atoms. The lowest BCUT2D eigenvalue weighted by Crippen LogP contribution is -2.00. The van der Waals surface area contributed by atoms with Gasteiger partial charge in [-0.3, -0.25) is 0 Å². The SMILES string of the molecule is Clc1cc(OCC2CC2)c(I)cn1. The summed E-state index contributed by atoms with van der Waals surface area (Å²) in [5, 5.41) is 0.492. The van der Waals surface area contributed by atoms with Crippen molar-refractivity contribution in [3.8, 4) is 5.75 Å². The zero-order valence-corrected chi connectivity index (χ0v) is 9.88. The van der Waals surface area contributed by atoms with Crippen LogP contribution < -0.4 is 4.74 Å². The predicted molar refractivity (Wildman–Crippen MR) is 60.2 cm³/mol. The zero-order valence-electron chi connectivity index (χ0n) is 6.96. The van der Waals surface area contributed by atoms with E-state index < -0.39 is 0 Å². The van der Waals surface area contributed by atoms with E-state index in [0.29, 0.717) is 5.15 Å². The molecule has 1 aliphatic rings.